The summed E-state index contributed by atoms with van der Waals surface area (Å²) in [5, 5.41) is 0. The highest BCUT2D eigenvalue weighted by molar-refractivity contribution is 6.18. The Hall–Kier alpha value is 0.250. The van der Waals surface area contributed by atoms with E-state index in [0.29, 0.717) is 12.0 Å². The van der Waals surface area contributed by atoms with Crippen molar-refractivity contribution in [1.82, 2.24) is 0 Å². The highest BCUT2D eigenvalue weighted by Gasteiger charge is 2.51. The molecule has 1 aliphatic carbocycles. The first-order valence-corrected chi connectivity index (χ1v) is 5.92. The fraction of sp³-hybridized carbons (Fsp3) is 1.00. The lowest BCUT2D eigenvalue weighted by molar-refractivity contribution is 0.0194. The Morgan fingerprint density at radius 3 is 2.62 bits per heavy atom. The minimum absolute atomic E-state index is 0.280. The van der Waals surface area contributed by atoms with Crippen LogP contribution >= 0.6 is 11.6 Å². The zero-order chi connectivity index (χ0) is 9.47. The lowest BCUT2D eigenvalue weighted by atomic mass is 9.72. The number of ether oxygens (including phenoxy) is 1. The van der Waals surface area contributed by atoms with Crippen molar-refractivity contribution < 1.29 is 4.74 Å². The third kappa shape index (κ3) is 1.50. The van der Waals surface area contributed by atoms with E-state index in [-0.39, 0.29) is 5.41 Å². The molecule has 2 heteroatoms. The van der Waals surface area contributed by atoms with E-state index in [4.69, 9.17) is 16.3 Å². The molecule has 0 aromatic heterocycles. The van der Waals surface area contributed by atoms with Crippen LogP contribution in [0.1, 0.15) is 33.1 Å². The van der Waals surface area contributed by atoms with Crippen molar-refractivity contribution in [3.8, 4) is 0 Å². The summed E-state index contributed by atoms with van der Waals surface area (Å²) in [4.78, 5) is 0. The van der Waals surface area contributed by atoms with E-state index >= 15 is 0 Å². The molecule has 2 fully saturated rings. The first-order chi connectivity index (χ1) is 6.20. The van der Waals surface area contributed by atoms with Crippen LogP contribution in [0.15, 0.2) is 0 Å². The Bertz CT molecular complexity index is 189. The molecule has 0 aromatic carbocycles. The maximum atomic E-state index is 6.15. The summed E-state index contributed by atoms with van der Waals surface area (Å²) in [5.41, 5.74) is 0.280. The number of hydrogen-bond acceptors (Lipinski definition) is 1. The van der Waals surface area contributed by atoms with E-state index in [0.717, 1.165) is 24.8 Å². The quantitative estimate of drug-likeness (QED) is 0.640. The molecule has 2 atom stereocenters. The van der Waals surface area contributed by atoms with E-state index in [1.807, 2.05) is 0 Å². The van der Waals surface area contributed by atoms with Gasteiger partial charge in [-0.25, -0.2) is 0 Å². The summed E-state index contributed by atoms with van der Waals surface area (Å²) in [6, 6.07) is 0. The second kappa shape index (κ2) is 3.43. The largest absolute Gasteiger partial charge is 0.377 e. The smallest absolute Gasteiger partial charge is 0.0674 e. The normalized spacial score (nSPS) is 40.2. The first-order valence-electron chi connectivity index (χ1n) is 5.38. The fourth-order valence-electron chi connectivity index (χ4n) is 2.60. The summed E-state index contributed by atoms with van der Waals surface area (Å²) in [6.45, 7) is 5.49. The van der Waals surface area contributed by atoms with E-state index in [9.17, 15) is 0 Å². The molecule has 1 saturated heterocycles. The maximum Gasteiger partial charge on any atom is 0.0674 e. The fourth-order valence-corrected chi connectivity index (χ4v) is 3.20. The predicted octanol–water partition coefficient (Wildman–Crippen LogP) is 3.07. The van der Waals surface area contributed by atoms with Gasteiger partial charge in [0.15, 0.2) is 0 Å². The monoisotopic (exact) mass is 202 g/mol. The lowest BCUT2D eigenvalue weighted by Crippen LogP contribution is -2.39. The number of hydrogen-bond donors (Lipinski definition) is 0. The molecule has 0 N–H and O–H groups in total. The molecule has 1 aliphatic heterocycles. The van der Waals surface area contributed by atoms with Crippen molar-refractivity contribution >= 4 is 11.6 Å². The van der Waals surface area contributed by atoms with E-state index in [1.165, 1.54) is 12.8 Å². The van der Waals surface area contributed by atoms with Gasteiger partial charge in [-0.1, -0.05) is 13.8 Å². The SMILES string of the molecule is CC(C)C1(CCl)CCOC1C1CC1. The summed E-state index contributed by atoms with van der Waals surface area (Å²) >= 11 is 6.15. The van der Waals surface area contributed by atoms with Crippen molar-refractivity contribution in [2.75, 3.05) is 12.5 Å². The van der Waals surface area contributed by atoms with Crippen LogP contribution in [-0.4, -0.2) is 18.6 Å². The molecule has 0 radical (unpaired) electrons. The minimum Gasteiger partial charge on any atom is -0.377 e. The molecule has 1 heterocycles. The predicted molar refractivity (Wildman–Crippen MR) is 55.1 cm³/mol. The van der Waals surface area contributed by atoms with E-state index in [2.05, 4.69) is 13.8 Å². The molecular weight excluding hydrogens is 184 g/mol. The van der Waals surface area contributed by atoms with Gasteiger partial charge in [0.05, 0.1) is 6.10 Å². The second-order valence-corrected chi connectivity index (χ2v) is 5.17. The van der Waals surface area contributed by atoms with Gasteiger partial charge < -0.3 is 4.74 Å². The minimum atomic E-state index is 0.280. The van der Waals surface area contributed by atoms with Crippen LogP contribution in [0, 0.1) is 17.3 Å². The molecule has 0 bridgehead atoms. The molecule has 2 aliphatic rings. The average Bonchev–Trinajstić information content (AvgIpc) is 2.85. The number of alkyl halides is 1. The topological polar surface area (TPSA) is 9.23 Å². The lowest BCUT2D eigenvalue weighted by Gasteiger charge is -2.36. The van der Waals surface area contributed by atoms with Crippen LogP contribution in [0.25, 0.3) is 0 Å². The van der Waals surface area contributed by atoms with Crippen LogP contribution < -0.4 is 0 Å². The Morgan fingerprint density at radius 2 is 2.15 bits per heavy atom. The maximum absolute atomic E-state index is 6.15. The van der Waals surface area contributed by atoms with Crippen LogP contribution in [0.5, 0.6) is 0 Å². The molecule has 13 heavy (non-hydrogen) atoms. The Labute approximate surface area is 85.8 Å². The summed E-state index contributed by atoms with van der Waals surface area (Å²) in [6.07, 6.45) is 4.34. The van der Waals surface area contributed by atoms with Gasteiger partial charge in [0.2, 0.25) is 0 Å². The highest BCUT2D eigenvalue weighted by atomic mass is 35.5. The summed E-state index contributed by atoms with van der Waals surface area (Å²) in [7, 11) is 0. The molecule has 76 valence electrons. The van der Waals surface area contributed by atoms with Crippen molar-refractivity contribution in [3.63, 3.8) is 0 Å². The Kier molecular flexibility index (Phi) is 2.59. The molecule has 1 nitrogen and oxygen atoms in total. The van der Waals surface area contributed by atoms with Gasteiger partial charge in [-0.2, -0.15) is 0 Å². The molecular formula is C11H19ClO. The zero-order valence-electron chi connectivity index (χ0n) is 8.55. The van der Waals surface area contributed by atoms with Gasteiger partial charge in [0, 0.05) is 17.9 Å². The third-order valence-corrected chi connectivity index (χ3v) is 4.38. The van der Waals surface area contributed by atoms with Gasteiger partial charge in [0.1, 0.15) is 0 Å². The van der Waals surface area contributed by atoms with Crippen molar-refractivity contribution in [2.45, 2.75) is 39.2 Å². The highest BCUT2D eigenvalue weighted by Crippen LogP contribution is 2.51. The Balaban J connectivity index is 2.15. The second-order valence-electron chi connectivity index (χ2n) is 4.90. The molecule has 0 aromatic rings. The van der Waals surface area contributed by atoms with Gasteiger partial charge in [-0.15, -0.1) is 11.6 Å². The van der Waals surface area contributed by atoms with Crippen LogP contribution in [0.2, 0.25) is 0 Å². The van der Waals surface area contributed by atoms with Crippen molar-refractivity contribution in [2.24, 2.45) is 17.3 Å². The van der Waals surface area contributed by atoms with Crippen LogP contribution in [-0.2, 0) is 4.74 Å². The van der Waals surface area contributed by atoms with Gasteiger partial charge in [0.25, 0.3) is 0 Å². The molecule has 2 unspecified atom stereocenters. The Morgan fingerprint density at radius 1 is 1.46 bits per heavy atom. The van der Waals surface area contributed by atoms with Gasteiger partial charge in [-0.05, 0) is 31.1 Å². The number of halogens is 1. The van der Waals surface area contributed by atoms with E-state index in [1.54, 1.807) is 0 Å². The van der Waals surface area contributed by atoms with Crippen LogP contribution in [0.3, 0.4) is 0 Å². The van der Waals surface area contributed by atoms with Crippen molar-refractivity contribution in [1.29, 1.82) is 0 Å². The summed E-state index contributed by atoms with van der Waals surface area (Å²) < 4.78 is 5.86. The zero-order valence-corrected chi connectivity index (χ0v) is 9.31. The van der Waals surface area contributed by atoms with E-state index < -0.39 is 0 Å². The van der Waals surface area contributed by atoms with Gasteiger partial charge in [-0.3, -0.25) is 0 Å². The molecule has 0 spiro atoms. The average molecular weight is 203 g/mol. The standard InChI is InChI=1S/C11H19ClO/c1-8(2)11(7-12)5-6-13-10(11)9-3-4-9/h8-10H,3-7H2,1-2H3. The third-order valence-electron chi connectivity index (χ3n) is 3.88. The van der Waals surface area contributed by atoms with Crippen molar-refractivity contribution in [3.05, 3.63) is 0 Å². The van der Waals surface area contributed by atoms with Crippen LogP contribution in [0.4, 0.5) is 0 Å². The van der Waals surface area contributed by atoms with Gasteiger partial charge >= 0.3 is 0 Å². The molecule has 0 amide bonds. The number of rotatable bonds is 3. The summed E-state index contributed by atoms with van der Waals surface area (Å²) in [5.74, 6) is 2.24. The first kappa shape index (κ1) is 9.79. The molecule has 2 rings (SSSR count). The molecule has 1 saturated carbocycles.